The maximum Gasteiger partial charge on any atom is 0.323 e. The molecule has 0 aliphatic heterocycles. The van der Waals surface area contributed by atoms with E-state index in [1.54, 1.807) is 18.2 Å². The Morgan fingerprint density at radius 2 is 1.80 bits per heavy atom. The second-order valence-corrected chi connectivity index (χ2v) is 4.36. The fraction of sp³-hybridized carbons (Fsp3) is 0. The normalized spacial score (nSPS) is 9.90. The molecule has 0 aliphatic carbocycles. The monoisotopic (exact) mass is 292 g/mol. The lowest BCUT2D eigenvalue weighted by molar-refractivity contribution is 0.112. The lowest BCUT2D eigenvalue weighted by atomic mass is 10.2. The standard InChI is InChI=1S/C14H10ClFN2O2/c15-12-7-11(4-5-13(12)16)18-14(20)17-10-3-1-2-9(6-10)8-19/h1-8H,(H2,17,18,20). The number of aldehydes is 1. The zero-order valence-corrected chi connectivity index (χ0v) is 10.9. The summed E-state index contributed by atoms with van der Waals surface area (Å²) in [5.74, 6) is -0.559. The lowest BCUT2D eigenvalue weighted by Crippen LogP contribution is -2.19. The first-order chi connectivity index (χ1) is 9.58. The Morgan fingerprint density at radius 3 is 2.45 bits per heavy atom. The van der Waals surface area contributed by atoms with E-state index >= 15 is 0 Å². The average molecular weight is 293 g/mol. The minimum Gasteiger partial charge on any atom is -0.308 e. The molecule has 2 aromatic rings. The number of urea groups is 1. The maximum absolute atomic E-state index is 13.0. The topological polar surface area (TPSA) is 58.2 Å². The first-order valence-corrected chi connectivity index (χ1v) is 6.04. The highest BCUT2D eigenvalue weighted by molar-refractivity contribution is 6.31. The SMILES string of the molecule is O=Cc1cccc(NC(=O)Nc2ccc(F)c(Cl)c2)c1. The van der Waals surface area contributed by atoms with Gasteiger partial charge in [0.1, 0.15) is 12.1 Å². The molecule has 0 aromatic heterocycles. The summed E-state index contributed by atoms with van der Waals surface area (Å²) in [6.07, 6.45) is 0.683. The molecule has 102 valence electrons. The van der Waals surface area contributed by atoms with E-state index in [1.165, 1.54) is 18.2 Å². The third kappa shape index (κ3) is 3.55. The highest BCUT2D eigenvalue weighted by Gasteiger charge is 2.05. The van der Waals surface area contributed by atoms with Crippen molar-refractivity contribution in [2.24, 2.45) is 0 Å². The Bertz CT molecular complexity index is 661. The Labute approximate surface area is 119 Å². The number of amides is 2. The summed E-state index contributed by atoms with van der Waals surface area (Å²) >= 11 is 5.61. The van der Waals surface area contributed by atoms with E-state index in [1.807, 2.05) is 0 Å². The first kappa shape index (κ1) is 14.0. The number of hydrogen-bond donors (Lipinski definition) is 2. The third-order valence-electron chi connectivity index (χ3n) is 2.46. The molecule has 0 heterocycles. The Hall–Kier alpha value is -2.40. The fourth-order valence-corrected chi connectivity index (χ4v) is 1.74. The van der Waals surface area contributed by atoms with Crippen LogP contribution in [0.25, 0.3) is 0 Å². The minimum absolute atomic E-state index is 0.0780. The van der Waals surface area contributed by atoms with Crippen molar-refractivity contribution in [3.05, 3.63) is 58.9 Å². The zero-order chi connectivity index (χ0) is 14.5. The number of carbonyl (C=O) groups excluding carboxylic acids is 2. The largest absolute Gasteiger partial charge is 0.323 e. The van der Waals surface area contributed by atoms with Gasteiger partial charge in [-0.1, -0.05) is 23.7 Å². The van der Waals surface area contributed by atoms with Gasteiger partial charge in [-0.05, 0) is 30.3 Å². The van der Waals surface area contributed by atoms with Crippen LogP contribution in [0.5, 0.6) is 0 Å². The number of rotatable bonds is 3. The summed E-state index contributed by atoms with van der Waals surface area (Å²) in [7, 11) is 0. The minimum atomic E-state index is -0.559. The molecule has 0 aliphatic rings. The molecule has 2 aromatic carbocycles. The number of halogens is 2. The molecule has 0 saturated heterocycles. The first-order valence-electron chi connectivity index (χ1n) is 5.67. The molecule has 0 spiro atoms. The van der Waals surface area contributed by atoms with Crippen LogP contribution in [0, 0.1) is 5.82 Å². The number of nitrogens with one attached hydrogen (secondary N) is 2. The van der Waals surface area contributed by atoms with Crippen LogP contribution in [0.15, 0.2) is 42.5 Å². The number of carbonyl (C=O) groups is 2. The predicted molar refractivity (Wildman–Crippen MR) is 75.9 cm³/mol. The molecule has 0 radical (unpaired) electrons. The van der Waals surface area contributed by atoms with E-state index in [4.69, 9.17) is 11.6 Å². The van der Waals surface area contributed by atoms with Gasteiger partial charge in [0.15, 0.2) is 0 Å². The van der Waals surface area contributed by atoms with Gasteiger partial charge >= 0.3 is 6.03 Å². The second kappa shape index (κ2) is 6.16. The number of hydrogen-bond acceptors (Lipinski definition) is 2. The maximum atomic E-state index is 13.0. The average Bonchev–Trinajstić information content (AvgIpc) is 2.43. The van der Waals surface area contributed by atoms with E-state index in [-0.39, 0.29) is 5.02 Å². The van der Waals surface area contributed by atoms with Crippen molar-refractivity contribution in [3.63, 3.8) is 0 Å². The molecule has 0 atom stereocenters. The number of anilines is 2. The van der Waals surface area contributed by atoms with Crippen molar-refractivity contribution >= 4 is 35.3 Å². The third-order valence-corrected chi connectivity index (χ3v) is 2.75. The van der Waals surface area contributed by atoms with Crippen LogP contribution < -0.4 is 10.6 Å². The Kier molecular flexibility index (Phi) is 4.32. The molecule has 0 saturated carbocycles. The van der Waals surface area contributed by atoms with E-state index in [2.05, 4.69) is 10.6 Å². The van der Waals surface area contributed by atoms with Gasteiger partial charge in [-0.2, -0.15) is 0 Å². The van der Waals surface area contributed by atoms with Crippen LogP contribution in [0.1, 0.15) is 10.4 Å². The van der Waals surface area contributed by atoms with Gasteiger partial charge < -0.3 is 10.6 Å². The molecular weight excluding hydrogens is 283 g/mol. The van der Waals surface area contributed by atoms with E-state index in [0.29, 0.717) is 23.2 Å². The van der Waals surface area contributed by atoms with Crippen LogP contribution in [0.2, 0.25) is 5.02 Å². The van der Waals surface area contributed by atoms with Gasteiger partial charge in [-0.3, -0.25) is 4.79 Å². The summed E-state index contributed by atoms with van der Waals surface area (Å²) < 4.78 is 13.0. The second-order valence-electron chi connectivity index (χ2n) is 3.95. The summed E-state index contributed by atoms with van der Waals surface area (Å²) in [6.45, 7) is 0. The lowest BCUT2D eigenvalue weighted by Gasteiger charge is -2.08. The zero-order valence-electron chi connectivity index (χ0n) is 10.2. The van der Waals surface area contributed by atoms with Crippen molar-refractivity contribution < 1.29 is 14.0 Å². The van der Waals surface area contributed by atoms with Crippen molar-refractivity contribution in [2.45, 2.75) is 0 Å². The Balaban J connectivity index is 2.04. The van der Waals surface area contributed by atoms with E-state index < -0.39 is 11.8 Å². The molecule has 4 nitrogen and oxygen atoms in total. The van der Waals surface area contributed by atoms with Crippen molar-refractivity contribution in [2.75, 3.05) is 10.6 Å². The van der Waals surface area contributed by atoms with Crippen molar-refractivity contribution in [1.29, 1.82) is 0 Å². The molecule has 2 amide bonds. The molecule has 2 rings (SSSR count). The van der Waals surface area contributed by atoms with Crippen LogP contribution in [0.4, 0.5) is 20.6 Å². The summed E-state index contributed by atoms with van der Waals surface area (Å²) in [5, 5.41) is 4.98. The Morgan fingerprint density at radius 1 is 1.10 bits per heavy atom. The van der Waals surface area contributed by atoms with E-state index in [9.17, 15) is 14.0 Å². The van der Waals surface area contributed by atoms with Crippen LogP contribution in [0.3, 0.4) is 0 Å². The molecule has 0 fully saturated rings. The van der Waals surface area contributed by atoms with Gasteiger partial charge in [0.25, 0.3) is 0 Å². The fourth-order valence-electron chi connectivity index (χ4n) is 1.56. The van der Waals surface area contributed by atoms with Gasteiger partial charge in [0.2, 0.25) is 0 Å². The van der Waals surface area contributed by atoms with Crippen LogP contribution in [-0.4, -0.2) is 12.3 Å². The van der Waals surface area contributed by atoms with Gasteiger partial charge in [-0.15, -0.1) is 0 Å². The summed E-state index contributed by atoms with van der Waals surface area (Å²) in [4.78, 5) is 22.4. The van der Waals surface area contributed by atoms with Crippen LogP contribution >= 0.6 is 11.6 Å². The molecule has 0 bridgehead atoms. The van der Waals surface area contributed by atoms with Crippen molar-refractivity contribution in [3.8, 4) is 0 Å². The molecule has 6 heteroatoms. The molecular formula is C14H10ClFN2O2. The summed E-state index contributed by atoms with van der Waals surface area (Å²) in [6, 6.07) is 9.78. The quantitative estimate of drug-likeness (QED) is 0.842. The summed E-state index contributed by atoms with van der Waals surface area (Å²) in [5.41, 5.74) is 1.29. The highest BCUT2D eigenvalue weighted by Crippen LogP contribution is 2.19. The molecule has 2 N–H and O–H groups in total. The van der Waals surface area contributed by atoms with Crippen LogP contribution in [-0.2, 0) is 0 Å². The number of benzene rings is 2. The van der Waals surface area contributed by atoms with E-state index in [0.717, 1.165) is 6.07 Å². The van der Waals surface area contributed by atoms with Gasteiger partial charge in [0.05, 0.1) is 5.02 Å². The highest BCUT2D eigenvalue weighted by atomic mass is 35.5. The molecule has 0 unspecified atom stereocenters. The van der Waals surface area contributed by atoms with Gasteiger partial charge in [0, 0.05) is 16.9 Å². The van der Waals surface area contributed by atoms with Gasteiger partial charge in [-0.25, -0.2) is 9.18 Å². The van der Waals surface area contributed by atoms with Crippen molar-refractivity contribution in [1.82, 2.24) is 0 Å². The predicted octanol–water partition coefficient (Wildman–Crippen LogP) is 3.94. The smallest absolute Gasteiger partial charge is 0.308 e. The molecule has 20 heavy (non-hydrogen) atoms.